The van der Waals surface area contributed by atoms with Crippen molar-refractivity contribution in [2.24, 2.45) is 0 Å². The summed E-state index contributed by atoms with van der Waals surface area (Å²) in [4.78, 5) is 28.3. The number of carbonyl (C=O) groups is 2. The summed E-state index contributed by atoms with van der Waals surface area (Å²) in [5.74, 6) is -0.382. The van der Waals surface area contributed by atoms with Crippen LogP contribution in [0.5, 0.6) is 0 Å². The Bertz CT molecular complexity index is 1230. The molecule has 0 bridgehead atoms. The van der Waals surface area contributed by atoms with E-state index in [1.807, 2.05) is 31.2 Å². The predicted octanol–water partition coefficient (Wildman–Crippen LogP) is 5.71. The first-order chi connectivity index (χ1) is 18.0. The predicted molar refractivity (Wildman–Crippen MR) is 154 cm³/mol. The lowest BCUT2D eigenvalue weighted by atomic mass is 9.95. The molecule has 1 aliphatic rings. The molecule has 10 heteroatoms. The summed E-state index contributed by atoms with van der Waals surface area (Å²) < 4.78 is 26.3. The Morgan fingerprint density at radius 3 is 2.42 bits per heavy atom. The Kier molecular flexibility index (Phi) is 10.9. The molecule has 0 aliphatic heterocycles. The number of rotatable bonds is 11. The minimum absolute atomic E-state index is 0.0471. The van der Waals surface area contributed by atoms with Gasteiger partial charge in [-0.3, -0.25) is 13.9 Å². The third-order valence-corrected chi connectivity index (χ3v) is 8.78. The number of halogens is 2. The first-order valence-electron chi connectivity index (χ1n) is 13.0. The van der Waals surface area contributed by atoms with Gasteiger partial charge in [0.25, 0.3) is 0 Å². The van der Waals surface area contributed by atoms with Gasteiger partial charge in [-0.25, -0.2) is 8.42 Å². The second kappa shape index (κ2) is 13.7. The molecule has 0 spiro atoms. The van der Waals surface area contributed by atoms with E-state index < -0.39 is 16.1 Å². The van der Waals surface area contributed by atoms with Crippen LogP contribution in [-0.4, -0.2) is 50.0 Å². The quantitative estimate of drug-likeness (QED) is 0.368. The molecule has 0 saturated heterocycles. The van der Waals surface area contributed by atoms with Crippen molar-refractivity contribution in [2.45, 2.75) is 77.4 Å². The zero-order valence-corrected chi connectivity index (χ0v) is 24.6. The van der Waals surface area contributed by atoms with Crippen molar-refractivity contribution in [1.29, 1.82) is 0 Å². The fourth-order valence-corrected chi connectivity index (χ4v) is 6.19. The van der Waals surface area contributed by atoms with Crippen LogP contribution < -0.4 is 9.62 Å². The monoisotopic (exact) mass is 581 g/mol. The summed E-state index contributed by atoms with van der Waals surface area (Å²) in [6.45, 7) is 4.07. The first-order valence-corrected chi connectivity index (χ1v) is 15.6. The number of sulfonamides is 1. The molecule has 0 aromatic heterocycles. The summed E-state index contributed by atoms with van der Waals surface area (Å²) in [6, 6.07) is 11.9. The van der Waals surface area contributed by atoms with Gasteiger partial charge < -0.3 is 10.2 Å². The lowest BCUT2D eigenvalue weighted by Gasteiger charge is -2.32. The van der Waals surface area contributed by atoms with Gasteiger partial charge in [-0.1, -0.05) is 66.7 Å². The fourth-order valence-electron chi connectivity index (χ4n) is 4.78. The molecular weight excluding hydrogens is 545 g/mol. The molecular formula is C28H37Cl2N3O4S. The van der Waals surface area contributed by atoms with Crippen molar-refractivity contribution in [2.75, 3.05) is 17.1 Å². The highest BCUT2D eigenvalue weighted by atomic mass is 35.5. The van der Waals surface area contributed by atoms with E-state index in [-0.39, 0.29) is 48.0 Å². The molecule has 1 N–H and O–H groups in total. The van der Waals surface area contributed by atoms with Crippen LogP contribution in [0.15, 0.2) is 42.5 Å². The Balaban J connectivity index is 1.75. The molecule has 0 heterocycles. The molecule has 0 radical (unpaired) electrons. The Morgan fingerprint density at radius 1 is 1.08 bits per heavy atom. The maximum absolute atomic E-state index is 13.5. The third-order valence-electron chi connectivity index (χ3n) is 7.05. The number of hydrogen-bond acceptors (Lipinski definition) is 4. The number of amides is 2. The average molecular weight is 583 g/mol. The van der Waals surface area contributed by atoms with Crippen molar-refractivity contribution in [3.05, 3.63) is 63.6 Å². The SMILES string of the molecule is Cc1ccccc1CN(C(=O)CCCN(c1cc(Cl)ccc1Cl)S(C)(=O)=O)[C@@H](C)C(=O)NC1CCCCC1. The summed E-state index contributed by atoms with van der Waals surface area (Å²) in [5.41, 5.74) is 2.26. The van der Waals surface area contributed by atoms with E-state index in [9.17, 15) is 18.0 Å². The molecule has 1 fully saturated rings. The molecule has 0 unspecified atom stereocenters. The smallest absolute Gasteiger partial charge is 0.242 e. The summed E-state index contributed by atoms with van der Waals surface area (Å²) in [6.07, 6.45) is 6.69. The van der Waals surface area contributed by atoms with E-state index in [2.05, 4.69) is 5.32 Å². The number of benzene rings is 2. The zero-order valence-electron chi connectivity index (χ0n) is 22.3. The highest BCUT2D eigenvalue weighted by Gasteiger charge is 2.29. The minimum Gasteiger partial charge on any atom is -0.352 e. The maximum Gasteiger partial charge on any atom is 0.242 e. The molecule has 1 aliphatic carbocycles. The number of anilines is 1. The lowest BCUT2D eigenvalue weighted by molar-refractivity contribution is -0.141. The van der Waals surface area contributed by atoms with Gasteiger partial charge in [0.05, 0.1) is 17.0 Å². The molecule has 38 heavy (non-hydrogen) atoms. The molecule has 7 nitrogen and oxygen atoms in total. The first kappa shape index (κ1) is 30.3. The highest BCUT2D eigenvalue weighted by Crippen LogP contribution is 2.31. The second-order valence-electron chi connectivity index (χ2n) is 10.0. The van der Waals surface area contributed by atoms with Crippen molar-refractivity contribution < 1.29 is 18.0 Å². The van der Waals surface area contributed by atoms with Crippen LogP contribution in [-0.2, 0) is 26.2 Å². The normalized spacial score (nSPS) is 15.1. The van der Waals surface area contributed by atoms with E-state index in [1.54, 1.807) is 24.0 Å². The zero-order chi connectivity index (χ0) is 27.9. The lowest BCUT2D eigenvalue weighted by Crippen LogP contribution is -2.50. The van der Waals surface area contributed by atoms with Gasteiger partial charge in [-0.2, -0.15) is 0 Å². The molecule has 208 valence electrons. The van der Waals surface area contributed by atoms with Crippen molar-refractivity contribution in [3.63, 3.8) is 0 Å². The summed E-state index contributed by atoms with van der Waals surface area (Å²) >= 11 is 12.3. The molecule has 1 atom stereocenters. The molecule has 3 rings (SSSR count). The van der Waals surface area contributed by atoms with Gasteiger partial charge in [0, 0.05) is 30.6 Å². The van der Waals surface area contributed by atoms with E-state index in [0.717, 1.165) is 43.1 Å². The van der Waals surface area contributed by atoms with Gasteiger partial charge >= 0.3 is 0 Å². The van der Waals surface area contributed by atoms with Crippen molar-refractivity contribution in [3.8, 4) is 0 Å². The largest absolute Gasteiger partial charge is 0.352 e. The van der Waals surface area contributed by atoms with Gasteiger partial charge in [0.15, 0.2) is 0 Å². The highest BCUT2D eigenvalue weighted by molar-refractivity contribution is 7.92. The van der Waals surface area contributed by atoms with E-state index in [4.69, 9.17) is 23.2 Å². The Labute approximate surface area is 236 Å². The Morgan fingerprint density at radius 2 is 1.76 bits per heavy atom. The van der Waals surface area contributed by atoms with Crippen LogP contribution in [0.4, 0.5) is 5.69 Å². The summed E-state index contributed by atoms with van der Waals surface area (Å²) in [5, 5.41) is 3.74. The van der Waals surface area contributed by atoms with Crippen molar-refractivity contribution in [1.82, 2.24) is 10.2 Å². The van der Waals surface area contributed by atoms with Gasteiger partial charge in [0.2, 0.25) is 21.8 Å². The average Bonchev–Trinajstić information content (AvgIpc) is 2.87. The Hall–Kier alpha value is -2.29. The van der Waals surface area contributed by atoms with E-state index >= 15 is 0 Å². The molecule has 2 aromatic rings. The van der Waals surface area contributed by atoms with Gasteiger partial charge in [-0.05, 0) is 62.4 Å². The fraction of sp³-hybridized carbons (Fsp3) is 0.500. The number of nitrogens with one attached hydrogen (secondary N) is 1. The van der Waals surface area contributed by atoms with Crippen LogP contribution in [0.3, 0.4) is 0 Å². The van der Waals surface area contributed by atoms with Gasteiger partial charge in [-0.15, -0.1) is 0 Å². The number of nitrogens with zero attached hydrogens (tertiary/aromatic N) is 2. The topological polar surface area (TPSA) is 86.8 Å². The van der Waals surface area contributed by atoms with Crippen LogP contribution in [0.1, 0.15) is 63.0 Å². The molecule has 2 amide bonds. The molecule has 2 aromatic carbocycles. The van der Waals surface area contributed by atoms with E-state index in [1.165, 1.54) is 16.8 Å². The third kappa shape index (κ3) is 8.35. The number of carbonyl (C=O) groups excluding carboxylic acids is 2. The van der Waals surface area contributed by atoms with Gasteiger partial charge in [0.1, 0.15) is 6.04 Å². The molecule has 1 saturated carbocycles. The van der Waals surface area contributed by atoms with E-state index in [0.29, 0.717) is 11.6 Å². The minimum atomic E-state index is -3.67. The number of aryl methyl sites for hydroxylation is 1. The van der Waals surface area contributed by atoms with Crippen molar-refractivity contribution >= 4 is 50.7 Å². The standard InChI is InChI=1S/C28H37Cl2N3O4S/c1-20-10-7-8-11-22(20)19-32(21(2)28(35)31-24-12-5-4-6-13-24)27(34)14-9-17-33(38(3,36)37)26-18-23(29)15-16-25(26)30/h7-8,10-11,15-16,18,21,24H,4-6,9,12-14,17,19H2,1-3H3,(H,31,35)/t21-/m0/s1. The second-order valence-corrected chi connectivity index (χ2v) is 12.8. The van der Waals surface area contributed by atoms with Crippen LogP contribution in [0, 0.1) is 6.92 Å². The number of hydrogen-bond donors (Lipinski definition) is 1. The van der Waals surface area contributed by atoms with Crippen LogP contribution in [0.25, 0.3) is 0 Å². The van der Waals surface area contributed by atoms with Crippen LogP contribution >= 0.6 is 23.2 Å². The summed E-state index contributed by atoms with van der Waals surface area (Å²) in [7, 11) is -3.67. The van der Waals surface area contributed by atoms with Crippen LogP contribution in [0.2, 0.25) is 10.0 Å². The maximum atomic E-state index is 13.5.